The monoisotopic (exact) mass is 366 g/mol. The Morgan fingerprint density at radius 3 is 2.19 bits per heavy atom. The number of hydrogen-bond donors (Lipinski definition) is 0. The van der Waals surface area contributed by atoms with Gasteiger partial charge >= 0.3 is 143 Å². The first-order chi connectivity index (χ1) is 9.50. The molecule has 1 heterocycles. The molecule has 0 bridgehead atoms. The summed E-state index contributed by atoms with van der Waals surface area (Å²) < 4.78 is 15.0. The summed E-state index contributed by atoms with van der Waals surface area (Å²) in [6, 6.07) is 0. The van der Waals surface area contributed by atoms with Crippen molar-refractivity contribution in [1.82, 2.24) is 0 Å². The molecule has 0 N–H and O–H groups in total. The van der Waals surface area contributed by atoms with Crippen molar-refractivity contribution in [3.8, 4) is 0 Å². The van der Waals surface area contributed by atoms with Gasteiger partial charge < -0.3 is 0 Å². The van der Waals surface area contributed by atoms with E-state index in [2.05, 4.69) is 66.7 Å². The molecule has 4 heteroatoms. The van der Waals surface area contributed by atoms with E-state index in [0.29, 0.717) is 8.94 Å². The molecule has 0 radical (unpaired) electrons. The van der Waals surface area contributed by atoms with Crippen molar-refractivity contribution >= 4 is 7.12 Å². The SMILES string of the molecule is CC(C)(C)C[CH]([Zr][C]1=CC=CC1)B1OC(C)(C)C(C)(C)O1. The van der Waals surface area contributed by atoms with Gasteiger partial charge in [0.25, 0.3) is 0 Å². The zero-order valence-electron chi connectivity index (χ0n) is 14.6. The molecule has 0 saturated carbocycles. The van der Waals surface area contributed by atoms with Gasteiger partial charge in [0, 0.05) is 0 Å². The van der Waals surface area contributed by atoms with Gasteiger partial charge in [-0.15, -0.1) is 0 Å². The summed E-state index contributed by atoms with van der Waals surface area (Å²) >= 11 is -0.676. The summed E-state index contributed by atoms with van der Waals surface area (Å²) in [5.41, 5.74) is -0.104. The molecule has 1 aliphatic carbocycles. The van der Waals surface area contributed by atoms with E-state index in [4.69, 9.17) is 9.31 Å². The molecular weight excluding hydrogens is 338 g/mol. The van der Waals surface area contributed by atoms with Crippen molar-refractivity contribution in [3.05, 3.63) is 21.5 Å². The second-order valence-electron chi connectivity index (χ2n) is 8.46. The fourth-order valence-electron chi connectivity index (χ4n) is 2.72. The average molecular weight is 367 g/mol. The second kappa shape index (κ2) is 6.10. The quantitative estimate of drug-likeness (QED) is 0.667. The molecule has 2 aliphatic rings. The van der Waals surface area contributed by atoms with Gasteiger partial charge in [0.1, 0.15) is 0 Å². The molecule has 0 aromatic carbocycles. The van der Waals surface area contributed by atoms with Crippen LogP contribution in [0.4, 0.5) is 0 Å². The first-order valence-corrected chi connectivity index (χ1v) is 10.6. The number of hydrogen-bond acceptors (Lipinski definition) is 2. The predicted octanol–water partition coefficient (Wildman–Crippen LogP) is 4.77. The number of allylic oxidation sites excluding steroid dienone is 4. The minimum atomic E-state index is -0.676. The van der Waals surface area contributed by atoms with Crippen molar-refractivity contribution in [2.75, 3.05) is 0 Å². The summed E-state index contributed by atoms with van der Waals surface area (Å²) in [5, 5.41) is 0. The van der Waals surface area contributed by atoms with Crippen LogP contribution in [0.1, 0.15) is 61.3 Å². The first-order valence-electron chi connectivity index (χ1n) is 7.98. The van der Waals surface area contributed by atoms with Crippen molar-refractivity contribution in [2.45, 2.75) is 76.0 Å². The molecule has 0 aromatic heterocycles. The Hall–Kier alpha value is 0.348. The van der Waals surface area contributed by atoms with Gasteiger partial charge in [-0.1, -0.05) is 0 Å². The van der Waals surface area contributed by atoms with Crippen LogP contribution in [0.5, 0.6) is 0 Å². The molecule has 0 amide bonds. The Morgan fingerprint density at radius 2 is 1.76 bits per heavy atom. The van der Waals surface area contributed by atoms with Gasteiger partial charge in [-0.2, -0.15) is 0 Å². The molecule has 1 unspecified atom stereocenters. The van der Waals surface area contributed by atoms with Gasteiger partial charge in [-0.3, -0.25) is 0 Å². The van der Waals surface area contributed by atoms with Crippen LogP contribution in [-0.4, -0.2) is 18.3 Å². The Kier molecular flexibility index (Phi) is 5.14. The van der Waals surface area contributed by atoms with Crippen LogP contribution in [0, 0.1) is 5.41 Å². The Balaban J connectivity index is 2.12. The summed E-state index contributed by atoms with van der Waals surface area (Å²) in [7, 11) is -0.0256. The maximum absolute atomic E-state index is 6.36. The summed E-state index contributed by atoms with van der Waals surface area (Å²) in [5.74, 6) is 0. The normalized spacial score (nSPS) is 25.1. The van der Waals surface area contributed by atoms with Crippen LogP contribution in [0.2, 0.25) is 3.53 Å². The van der Waals surface area contributed by atoms with E-state index in [-0.39, 0.29) is 18.3 Å². The molecule has 2 rings (SSSR count). The molecule has 116 valence electrons. The van der Waals surface area contributed by atoms with E-state index in [9.17, 15) is 0 Å². The van der Waals surface area contributed by atoms with Gasteiger partial charge in [-0.25, -0.2) is 0 Å². The third kappa shape index (κ3) is 4.42. The van der Waals surface area contributed by atoms with E-state index < -0.39 is 23.2 Å². The minimum absolute atomic E-state index is 0.0256. The Morgan fingerprint density at radius 1 is 1.19 bits per heavy atom. The van der Waals surface area contributed by atoms with Gasteiger partial charge in [0.05, 0.1) is 0 Å². The Labute approximate surface area is 142 Å². The summed E-state index contributed by atoms with van der Waals surface area (Å²) in [4.78, 5) is 0. The molecule has 1 saturated heterocycles. The summed E-state index contributed by atoms with van der Waals surface area (Å²) in [6.45, 7) is 15.6. The third-order valence-electron chi connectivity index (χ3n) is 4.57. The average Bonchev–Trinajstić information content (AvgIpc) is 2.83. The predicted molar refractivity (Wildman–Crippen MR) is 85.7 cm³/mol. The van der Waals surface area contributed by atoms with E-state index in [0.717, 1.165) is 6.42 Å². The van der Waals surface area contributed by atoms with Crippen molar-refractivity contribution < 1.29 is 32.5 Å². The molecule has 1 aliphatic heterocycles. The van der Waals surface area contributed by atoms with E-state index >= 15 is 0 Å². The molecular formula is C17H29BO2Zr. The van der Waals surface area contributed by atoms with E-state index in [1.54, 1.807) is 3.28 Å². The van der Waals surface area contributed by atoms with Crippen LogP contribution in [-0.2, 0) is 32.5 Å². The van der Waals surface area contributed by atoms with Crippen LogP contribution in [0.25, 0.3) is 0 Å². The molecule has 0 spiro atoms. The molecule has 1 atom stereocenters. The van der Waals surface area contributed by atoms with Crippen LogP contribution < -0.4 is 0 Å². The van der Waals surface area contributed by atoms with Gasteiger partial charge in [-0.05, 0) is 0 Å². The van der Waals surface area contributed by atoms with Crippen LogP contribution in [0.15, 0.2) is 21.5 Å². The van der Waals surface area contributed by atoms with Crippen LogP contribution in [0.3, 0.4) is 0 Å². The zero-order valence-corrected chi connectivity index (χ0v) is 17.1. The van der Waals surface area contributed by atoms with Crippen molar-refractivity contribution in [1.29, 1.82) is 0 Å². The van der Waals surface area contributed by atoms with Crippen molar-refractivity contribution in [3.63, 3.8) is 0 Å². The standard InChI is InChI=1S/C12H24BO2.C5H5.Zr/c1-10(2,3)8-9-13-14-11(4,5)12(6,7)15-13;1-2-4-5-3-1;/h9H,8H2,1-7H3;1-3H,4H2;. The van der Waals surface area contributed by atoms with Crippen LogP contribution >= 0.6 is 0 Å². The molecule has 2 nitrogen and oxygen atoms in total. The number of rotatable bonds is 4. The second-order valence-corrected chi connectivity index (χ2v) is 12.6. The summed E-state index contributed by atoms with van der Waals surface area (Å²) in [6.07, 6.45) is 9.15. The van der Waals surface area contributed by atoms with E-state index in [1.807, 2.05) is 0 Å². The third-order valence-corrected chi connectivity index (χ3v) is 8.48. The zero-order chi connectivity index (χ0) is 15.9. The van der Waals surface area contributed by atoms with Gasteiger partial charge in [0.15, 0.2) is 0 Å². The Bertz CT molecular complexity index is 430. The topological polar surface area (TPSA) is 18.5 Å². The van der Waals surface area contributed by atoms with Gasteiger partial charge in [0.2, 0.25) is 0 Å². The molecule has 21 heavy (non-hydrogen) atoms. The maximum atomic E-state index is 6.36. The van der Waals surface area contributed by atoms with E-state index in [1.165, 1.54) is 6.42 Å². The first kappa shape index (κ1) is 17.7. The van der Waals surface area contributed by atoms with Crippen molar-refractivity contribution in [2.24, 2.45) is 5.41 Å². The molecule has 1 fully saturated rings. The fourth-order valence-corrected chi connectivity index (χ4v) is 7.37. The molecule has 0 aromatic rings. The fraction of sp³-hybridized carbons (Fsp3) is 0.765.